The molecule has 1 unspecified atom stereocenters. The molecule has 1 heterocycles. The summed E-state index contributed by atoms with van der Waals surface area (Å²) in [6.07, 6.45) is 0.980. The highest BCUT2D eigenvalue weighted by Crippen LogP contribution is 2.26. The summed E-state index contributed by atoms with van der Waals surface area (Å²) in [5, 5.41) is 1.18. The summed E-state index contributed by atoms with van der Waals surface area (Å²) in [7, 11) is 0. The Kier molecular flexibility index (Phi) is 3.38. The van der Waals surface area contributed by atoms with Gasteiger partial charge in [-0.05, 0) is 30.7 Å². The van der Waals surface area contributed by atoms with Crippen LogP contribution in [0, 0.1) is 5.92 Å². The van der Waals surface area contributed by atoms with Gasteiger partial charge in [0.05, 0.1) is 15.2 Å². The molecule has 2 aromatic rings. The summed E-state index contributed by atoms with van der Waals surface area (Å²) >= 11 is 5.21. The third-order valence-electron chi connectivity index (χ3n) is 2.32. The van der Waals surface area contributed by atoms with Crippen LogP contribution in [0.15, 0.2) is 22.7 Å². The molecule has 2 rings (SSSR count). The van der Waals surface area contributed by atoms with Crippen molar-refractivity contribution in [2.45, 2.75) is 13.3 Å². The number of halogens is 1. The van der Waals surface area contributed by atoms with Crippen LogP contribution in [-0.2, 0) is 6.42 Å². The Morgan fingerprint density at radius 2 is 2.33 bits per heavy atom. The number of fused-ring (bicyclic) bond motifs is 1. The molecule has 0 saturated carbocycles. The second-order valence-corrected chi connectivity index (χ2v) is 5.80. The molecular weight excluding hydrogens is 272 g/mol. The van der Waals surface area contributed by atoms with Crippen LogP contribution < -0.4 is 5.73 Å². The molecule has 0 radical (unpaired) electrons. The van der Waals surface area contributed by atoms with E-state index in [9.17, 15) is 0 Å². The lowest BCUT2D eigenvalue weighted by Gasteiger charge is -2.03. The lowest BCUT2D eigenvalue weighted by Crippen LogP contribution is -2.12. The van der Waals surface area contributed by atoms with Gasteiger partial charge in [-0.15, -0.1) is 11.3 Å². The van der Waals surface area contributed by atoms with E-state index in [1.165, 1.54) is 9.71 Å². The van der Waals surface area contributed by atoms with E-state index in [0.29, 0.717) is 5.92 Å². The predicted octanol–water partition coefficient (Wildman–Crippen LogP) is 3.20. The molecule has 0 saturated heterocycles. The maximum absolute atomic E-state index is 5.61. The van der Waals surface area contributed by atoms with Crippen LogP contribution >= 0.6 is 27.3 Å². The fraction of sp³-hybridized carbons (Fsp3) is 0.364. The zero-order valence-electron chi connectivity index (χ0n) is 8.53. The smallest absolute Gasteiger partial charge is 0.0941 e. The minimum atomic E-state index is 0.508. The van der Waals surface area contributed by atoms with Gasteiger partial charge >= 0.3 is 0 Å². The molecule has 2 N–H and O–H groups in total. The van der Waals surface area contributed by atoms with E-state index < -0.39 is 0 Å². The Bertz CT molecular complexity index is 467. The number of rotatable bonds is 3. The minimum Gasteiger partial charge on any atom is -0.330 e. The summed E-state index contributed by atoms with van der Waals surface area (Å²) in [6, 6.07) is 6.22. The number of nitrogens with zero attached hydrogens (tertiary/aromatic N) is 1. The Morgan fingerprint density at radius 1 is 1.53 bits per heavy atom. The number of thiazole rings is 1. The van der Waals surface area contributed by atoms with E-state index in [1.807, 2.05) is 0 Å². The van der Waals surface area contributed by atoms with Gasteiger partial charge in [-0.1, -0.05) is 22.9 Å². The molecule has 15 heavy (non-hydrogen) atoms. The van der Waals surface area contributed by atoms with Gasteiger partial charge in [-0.3, -0.25) is 0 Å². The molecule has 0 fully saturated rings. The summed E-state index contributed by atoms with van der Waals surface area (Å²) in [5.74, 6) is 0.508. The van der Waals surface area contributed by atoms with Gasteiger partial charge in [0.2, 0.25) is 0 Å². The van der Waals surface area contributed by atoms with Crippen LogP contribution in [0.1, 0.15) is 11.9 Å². The van der Waals surface area contributed by atoms with E-state index in [2.05, 4.69) is 46.0 Å². The first-order valence-corrected chi connectivity index (χ1v) is 6.55. The lowest BCUT2D eigenvalue weighted by molar-refractivity contribution is 0.592. The zero-order valence-corrected chi connectivity index (χ0v) is 10.9. The van der Waals surface area contributed by atoms with Crippen molar-refractivity contribution in [1.29, 1.82) is 0 Å². The summed E-state index contributed by atoms with van der Waals surface area (Å²) < 4.78 is 2.33. The standard InChI is InChI=1S/C11H13BrN2S/c1-7(6-13)4-11-14-9-5-8(12)2-3-10(9)15-11/h2-3,5,7H,4,6,13H2,1H3. The van der Waals surface area contributed by atoms with E-state index in [-0.39, 0.29) is 0 Å². The monoisotopic (exact) mass is 284 g/mol. The van der Waals surface area contributed by atoms with Gasteiger partial charge in [0.25, 0.3) is 0 Å². The van der Waals surface area contributed by atoms with Crippen molar-refractivity contribution >= 4 is 37.5 Å². The van der Waals surface area contributed by atoms with Gasteiger partial charge in [0.1, 0.15) is 0 Å². The first-order chi connectivity index (χ1) is 7.19. The molecule has 0 amide bonds. The lowest BCUT2D eigenvalue weighted by atomic mass is 10.1. The van der Waals surface area contributed by atoms with E-state index >= 15 is 0 Å². The topological polar surface area (TPSA) is 38.9 Å². The van der Waals surface area contributed by atoms with Crippen molar-refractivity contribution in [3.63, 3.8) is 0 Å². The zero-order chi connectivity index (χ0) is 10.8. The fourth-order valence-electron chi connectivity index (χ4n) is 1.42. The quantitative estimate of drug-likeness (QED) is 0.940. The highest BCUT2D eigenvalue weighted by atomic mass is 79.9. The highest BCUT2D eigenvalue weighted by molar-refractivity contribution is 9.10. The number of hydrogen-bond donors (Lipinski definition) is 1. The molecule has 0 spiro atoms. The van der Waals surface area contributed by atoms with Gasteiger partial charge in [-0.25, -0.2) is 4.98 Å². The van der Waals surface area contributed by atoms with Gasteiger partial charge < -0.3 is 5.73 Å². The molecule has 1 aromatic carbocycles. The Balaban J connectivity index is 2.30. The van der Waals surface area contributed by atoms with Crippen molar-refractivity contribution in [3.05, 3.63) is 27.7 Å². The maximum atomic E-state index is 5.61. The summed E-state index contributed by atoms with van der Waals surface area (Å²) in [6.45, 7) is 2.88. The van der Waals surface area contributed by atoms with Gasteiger partial charge in [-0.2, -0.15) is 0 Å². The average Bonchev–Trinajstić information content (AvgIpc) is 2.59. The number of hydrogen-bond acceptors (Lipinski definition) is 3. The molecule has 1 aromatic heterocycles. The number of aromatic nitrogens is 1. The first kappa shape index (κ1) is 11.0. The molecule has 0 aliphatic rings. The minimum absolute atomic E-state index is 0.508. The normalized spacial score (nSPS) is 13.3. The van der Waals surface area contributed by atoms with E-state index in [1.54, 1.807) is 11.3 Å². The number of benzene rings is 1. The van der Waals surface area contributed by atoms with Gasteiger partial charge in [0.15, 0.2) is 0 Å². The van der Waals surface area contributed by atoms with Gasteiger partial charge in [0, 0.05) is 10.9 Å². The van der Waals surface area contributed by atoms with Crippen LogP contribution in [-0.4, -0.2) is 11.5 Å². The fourth-order valence-corrected chi connectivity index (χ4v) is 2.88. The van der Waals surface area contributed by atoms with Crippen LogP contribution in [0.3, 0.4) is 0 Å². The third-order valence-corrected chi connectivity index (χ3v) is 3.87. The van der Waals surface area contributed by atoms with Crippen molar-refractivity contribution < 1.29 is 0 Å². The van der Waals surface area contributed by atoms with E-state index in [0.717, 1.165) is 23.0 Å². The largest absolute Gasteiger partial charge is 0.330 e. The van der Waals surface area contributed by atoms with Crippen molar-refractivity contribution in [1.82, 2.24) is 4.98 Å². The van der Waals surface area contributed by atoms with Crippen molar-refractivity contribution in [2.75, 3.05) is 6.54 Å². The first-order valence-electron chi connectivity index (χ1n) is 4.94. The van der Waals surface area contributed by atoms with Crippen LogP contribution in [0.25, 0.3) is 10.2 Å². The maximum Gasteiger partial charge on any atom is 0.0941 e. The summed E-state index contributed by atoms with van der Waals surface area (Å²) in [5.41, 5.74) is 6.68. The van der Waals surface area contributed by atoms with Crippen LogP contribution in [0.4, 0.5) is 0 Å². The van der Waals surface area contributed by atoms with Crippen LogP contribution in [0.2, 0.25) is 0 Å². The molecule has 4 heteroatoms. The molecule has 0 aliphatic carbocycles. The highest BCUT2D eigenvalue weighted by Gasteiger charge is 2.07. The third kappa shape index (κ3) is 2.56. The summed E-state index contributed by atoms with van der Waals surface area (Å²) in [4.78, 5) is 4.59. The molecule has 0 bridgehead atoms. The molecular formula is C11H13BrN2S. The van der Waals surface area contributed by atoms with Crippen molar-refractivity contribution in [3.8, 4) is 0 Å². The second kappa shape index (κ2) is 4.60. The Labute approximate surface area is 102 Å². The van der Waals surface area contributed by atoms with E-state index in [4.69, 9.17) is 5.73 Å². The number of nitrogens with two attached hydrogens (primary N) is 1. The molecule has 1 atom stereocenters. The SMILES string of the molecule is CC(CN)Cc1nc2cc(Br)ccc2s1. The second-order valence-electron chi connectivity index (χ2n) is 3.76. The Morgan fingerprint density at radius 3 is 3.07 bits per heavy atom. The predicted molar refractivity (Wildman–Crippen MR) is 69.2 cm³/mol. The Hall–Kier alpha value is -0.450. The molecule has 2 nitrogen and oxygen atoms in total. The molecule has 80 valence electrons. The average molecular weight is 285 g/mol. The van der Waals surface area contributed by atoms with Crippen molar-refractivity contribution in [2.24, 2.45) is 11.7 Å². The van der Waals surface area contributed by atoms with Crippen LogP contribution in [0.5, 0.6) is 0 Å². The molecule has 0 aliphatic heterocycles.